The van der Waals surface area contributed by atoms with Crippen LogP contribution in [0.1, 0.15) is 5.56 Å². The van der Waals surface area contributed by atoms with E-state index in [-0.39, 0.29) is 0 Å². The number of fused-ring (bicyclic) bond motifs is 1. The second kappa shape index (κ2) is 7.53. The Kier molecular flexibility index (Phi) is 5.11. The molecule has 7 heteroatoms. The van der Waals surface area contributed by atoms with Crippen LogP contribution in [0.15, 0.2) is 65.8 Å². The molecule has 3 nitrogen and oxygen atoms in total. The number of pyridine rings is 1. The number of aromatic nitrogens is 2. The summed E-state index contributed by atoms with van der Waals surface area (Å²) in [4.78, 5) is 9.34. The van der Waals surface area contributed by atoms with Gasteiger partial charge >= 0.3 is 0 Å². The summed E-state index contributed by atoms with van der Waals surface area (Å²) in [6.07, 6.45) is 3.56. The zero-order valence-corrected chi connectivity index (χ0v) is 16.7. The van der Waals surface area contributed by atoms with E-state index in [4.69, 9.17) is 46.4 Å². The minimum atomic E-state index is 0.503. The topological polar surface area (TPSA) is 29.7 Å². The molecule has 0 aliphatic rings. The fourth-order valence-electron chi connectivity index (χ4n) is 2.71. The summed E-state index contributed by atoms with van der Waals surface area (Å²) in [6.45, 7) is 0. The highest BCUT2D eigenvalue weighted by Crippen LogP contribution is 2.36. The molecule has 0 atom stereocenters. The highest BCUT2D eigenvalue weighted by atomic mass is 35.5. The molecule has 27 heavy (non-hydrogen) atoms. The molecule has 0 aliphatic carbocycles. The number of nitrogens with zero attached hydrogens (tertiary/aromatic N) is 3. The molecule has 0 fully saturated rings. The maximum Gasteiger partial charge on any atom is 0.165 e. The van der Waals surface area contributed by atoms with Gasteiger partial charge in [0.15, 0.2) is 5.82 Å². The van der Waals surface area contributed by atoms with Crippen LogP contribution in [-0.4, -0.2) is 15.6 Å². The number of hydrogen-bond acceptors (Lipinski definition) is 2. The first kappa shape index (κ1) is 18.3. The van der Waals surface area contributed by atoms with Crippen LogP contribution >= 0.6 is 46.4 Å². The van der Waals surface area contributed by atoms with Crippen molar-refractivity contribution in [3.05, 3.63) is 86.4 Å². The van der Waals surface area contributed by atoms with Crippen LogP contribution in [0.3, 0.4) is 0 Å². The molecule has 134 valence electrons. The molecule has 2 aromatic heterocycles. The molecule has 0 unspecified atom stereocenters. The van der Waals surface area contributed by atoms with Gasteiger partial charge in [-0.3, -0.25) is 4.40 Å². The Morgan fingerprint density at radius 2 is 1.63 bits per heavy atom. The van der Waals surface area contributed by atoms with Gasteiger partial charge in [-0.1, -0.05) is 52.5 Å². The van der Waals surface area contributed by atoms with Crippen LogP contribution in [0, 0.1) is 0 Å². The fourth-order valence-corrected chi connectivity index (χ4v) is 3.56. The van der Waals surface area contributed by atoms with Crippen LogP contribution < -0.4 is 0 Å². The van der Waals surface area contributed by atoms with Gasteiger partial charge in [0.05, 0.1) is 5.02 Å². The lowest BCUT2D eigenvalue weighted by Gasteiger charge is -2.04. The Hall–Kier alpha value is -2.04. The second-order valence-electron chi connectivity index (χ2n) is 5.76. The molecular weight excluding hydrogens is 424 g/mol. The Balaban J connectivity index is 1.91. The molecule has 2 aromatic carbocycles. The number of benzene rings is 2. The Morgan fingerprint density at radius 1 is 0.852 bits per heavy atom. The van der Waals surface area contributed by atoms with Crippen molar-refractivity contribution < 1.29 is 0 Å². The summed E-state index contributed by atoms with van der Waals surface area (Å²) >= 11 is 24.7. The molecular formula is C20H11Cl4N3. The normalized spacial score (nSPS) is 11.6. The van der Waals surface area contributed by atoms with Crippen molar-refractivity contribution in [3.8, 4) is 11.3 Å². The van der Waals surface area contributed by atoms with E-state index in [0.717, 1.165) is 11.2 Å². The van der Waals surface area contributed by atoms with Crippen molar-refractivity contribution in [1.29, 1.82) is 0 Å². The average Bonchev–Trinajstić information content (AvgIpc) is 3.01. The third-order valence-electron chi connectivity index (χ3n) is 3.97. The van der Waals surface area contributed by atoms with Gasteiger partial charge in [-0.15, -0.1) is 0 Å². The second-order valence-corrected chi connectivity index (χ2v) is 7.45. The molecule has 4 rings (SSSR count). The summed E-state index contributed by atoms with van der Waals surface area (Å²) < 4.78 is 1.88. The highest BCUT2D eigenvalue weighted by Gasteiger charge is 2.16. The van der Waals surface area contributed by atoms with Crippen LogP contribution in [-0.2, 0) is 0 Å². The van der Waals surface area contributed by atoms with Gasteiger partial charge in [-0.25, -0.2) is 9.98 Å². The maximum absolute atomic E-state index is 6.40. The standard InChI is InChI=1S/C20H11Cl4N3/c21-13-5-7-16(23)12(9-13)11-25-20-19(15-6-4-14(22)10-17(15)24)26-18-3-1-2-8-27(18)20/h1-11H/b25-11+. The highest BCUT2D eigenvalue weighted by molar-refractivity contribution is 6.36. The number of aliphatic imine (C=N–C) groups is 1. The Morgan fingerprint density at radius 3 is 2.44 bits per heavy atom. The molecule has 0 radical (unpaired) electrons. The van der Waals surface area contributed by atoms with Crippen molar-refractivity contribution in [2.24, 2.45) is 4.99 Å². The van der Waals surface area contributed by atoms with E-state index in [9.17, 15) is 0 Å². The van der Waals surface area contributed by atoms with Crippen LogP contribution in [0.4, 0.5) is 5.82 Å². The zero-order valence-electron chi connectivity index (χ0n) is 13.7. The molecule has 0 saturated carbocycles. The predicted octanol–water partition coefficient (Wildman–Crippen LogP) is 7.37. The van der Waals surface area contributed by atoms with E-state index in [0.29, 0.717) is 37.2 Å². The molecule has 0 aliphatic heterocycles. The fraction of sp³-hybridized carbons (Fsp3) is 0. The maximum atomic E-state index is 6.40. The van der Waals surface area contributed by atoms with Crippen molar-refractivity contribution in [3.63, 3.8) is 0 Å². The SMILES string of the molecule is Clc1ccc(-c2nc3ccccn3c2/N=C/c2cc(Cl)ccc2Cl)c(Cl)c1. The largest absolute Gasteiger partial charge is 0.284 e. The van der Waals surface area contributed by atoms with Crippen molar-refractivity contribution in [2.45, 2.75) is 0 Å². The first-order chi connectivity index (χ1) is 13.0. The van der Waals surface area contributed by atoms with Crippen LogP contribution in [0.5, 0.6) is 0 Å². The van der Waals surface area contributed by atoms with E-state index in [1.165, 1.54) is 0 Å². The van der Waals surface area contributed by atoms with Gasteiger partial charge in [0.2, 0.25) is 0 Å². The number of imidazole rings is 1. The summed E-state index contributed by atoms with van der Waals surface area (Å²) in [6, 6.07) is 16.2. The van der Waals surface area contributed by atoms with Gasteiger partial charge in [0.25, 0.3) is 0 Å². The van der Waals surface area contributed by atoms with E-state index in [2.05, 4.69) is 9.98 Å². The number of halogens is 4. The van der Waals surface area contributed by atoms with E-state index >= 15 is 0 Å². The van der Waals surface area contributed by atoms with Gasteiger partial charge < -0.3 is 0 Å². The Bertz CT molecular complexity index is 1180. The average molecular weight is 435 g/mol. The summed E-state index contributed by atoms with van der Waals surface area (Å²) in [5.41, 5.74) is 2.86. The van der Waals surface area contributed by atoms with Gasteiger partial charge in [0, 0.05) is 38.6 Å². The predicted molar refractivity (Wildman–Crippen MR) is 114 cm³/mol. The lowest BCUT2D eigenvalue weighted by atomic mass is 10.1. The van der Waals surface area contributed by atoms with Gasteiger partial charge in [0.1, 0.15) is 11.3 Å². The lowest BCUT2D eigenvalue weighted by molar-refractivity contribution is 1.17. The molecule has 0 bridgehead atoms. The van der Waals surface area contributed by atoms with Gasteiger partial charge in [-0.05, 0) is 48.5 Å². The summed E-state index contributed by atoms with van der Waals surface area (Å²) in [7, 11) is 0. The van der Waals surface area contributed by atoms with E-state index in [1.807, 2.05) is 34.9 Å². The number of hydrogen-bond donors (Lipinski definition) is 0. The third-order valence-corrected chi connectivity index (χ3v) is 5.10. The molecule has 2 heterocycles. The summed E-state index contributed by atoms with van der Waals surface area (Å²) in [5.74, 6) is 0.630. The van der Waals surface area contributed by atoms with Crippen molar-refractivity contribution in [2.75, 3.05) is 0 Å². The van der Waals surface area contributed by atoms with Crippen molar-refractivity contribution >= 4 is 64.1 Å². The first-order valence-corrected chi connectivity index (χ1v) is 9.46. The van der Waals surface area contributed by atoms with E-state index in [1.54, 1.807) is 36.5 Å². The smallest absolute Gasteiger partial charge is 0.165 e. The Labute approximate surface area is 175 Å². The minimum absolute atomic E-state index is 0.503. The number of rotatable bonds is 3. The van der Waals surface area contributed by atoms with Gasteiger partial charge in [-0.2, -0.15) is 0 Å². The van der Waals surface area contributed by atoms with Crippen LogP contribution in [0.25, 0.3) is 16.9 Å². The molecule has 0 N–H and O–H groups in total. The zero-order chi connectivity index (χ0) is 19.0. The van der Waals surface area contributed by atoms with Crippen molar-refractivity contribution in [1.82, 2.24) is 9.38 Å². The molecule has 0 spiro atoms. The minimum Gasteiger partial charge on any atom is -0.284 e. The monoisotopic (exact) mass is 433 g/mol. The van der Waals surface area contributed by atoms with E-state index < -0.39 is 0 Å². The molecule has 0 saturated heterocycles. The third kappa shape index (κ3) is 3.69. The molecule has 4 aromatic rings. The van der Waals surface area contributed by atoms with Crippen LogP contribution in [0.2, 0.25) is 20.1 Å². The summed E-state index contributed by atoms with van der Waals surface area (Å²) in [5, 5.41) is 2.20. The molecule has 0 amide bonds. The first-order valence-electron chi connectivity index (χ1n) is 7.94. The quantitative estimate of drug-likeness (QED) is 0.309. The lowest BCUT2D eigenvalue weighted by Crippen LogP contribution is -1.87.